The van der Waals surface area contributed by atoms with Gasteiger partial charge in [-0.15, -0.1) is 0 Å². The quantitative estimate of drug-likeness (QED) is 0.539. The highest BCUT2D eigenvalue weighted by Gasteiger charge is 2.19. The molecule has 2 aromatic carbocycles. The van der Waals surface area contributed by atoms with Crippen LogP contribution in [0.1, 0.15) is 23.6 Å². The number of amides is 3. The van der Waals surface area contributed by atoms with Gasteiger partial charge in [0.15, 0.2) is 6.61 Å². The number of nitrogens with one attached hydrogen (secondary N) is 2. The molecule has 0 saturated heterocycles. The van der Waals surface area contributed by atoms with Gasteiger partial charge in [-0.25, -0.2) is 4.79 Å². The largest absolute Gasteiger partial charge is 0.497 e. The van der Waals surface area contributed by atoms with Crippen molar-refractivity contribution in [3.05, 3.63) is 64.7 Å². The first-order chi connectivity index (χ1) is 13.9. The van der Waals surface area contributed by atoms with Crippen LogP contribution in [0.15, 0.2) is 48.5 Å². The second-order valence-corrected chi connectivity index (χ2v) is 6.54. The number of carbonyl (C=O) groups is 3. The Labute approximate surface area is 173 Å². The average molecular weight is 420 g/mol. The second kappa shape index (κ2) is 10.9. The van der Waals surface area contributed by atoms with Gasteiger partial charge >= 0.3 is 12.0 Å². The number of halogens is 1. The van der Waals surface area contributed by atoms with Gasteiger partial charge in [-0.05, 0) is 35.4 Å². The molecule has 0 radical (unpaired) electrons. The van der Waals surface area contributed by atoms with Crippen molar-refractivity contribution in [2.45, 2.75) is 19.0 Å². The van der Waals surface area contributed by atoms with E-state index in [2.05, 4.69) is 10.6 Å². The maximum Gasteiger partial charge on any atom is 0.312 e. The first-order valence-electron chi connectivity index (χ1n) is 8.74. The van der Waals surface area contributed by atoms with E-state index in [0.717, 1.165) is 5.56 Å². The molecule has 0 bridgehead atoms. The molecular formula is C20H22ClN3O5. The van der Waals surface area contributed by atoms with E-state index < -0.39 is 30.6 Å². The summed E-state index contributed by atoms with van der Waals surface area (Å²) in [6.45, 7) is -0.143. The molecule has 3 amide bonds. The summed E-state index contributed by atoms with van der Waals surface area (Å²) in [5.41, 5.74) is 6.68. The molecule has 2 rings (SSSR count). The lowest BCUT2D eigenvalue weighted by molar-refractivity contribution is -0.149. The summed E-state index contributed by atoms with van der Waals surface area (Å²) >= 11 is 5.85. The number of urea groups is 1. The maximum absolute atomic E-state index is 12.1. The average Bonchev–Trinajstić information content (AvgIpc) is 2.71. The Morgan fingerprint density at radius 2 is 1.72 bits per heavy atom. The van der Waals surface area contributed by atoms with E-state index in [-0.39, 0.29) is 13.0 Å². The lowest BCUT2D eigenvalue weighted by atomic mass is 10.0. The summed E-state index contributed by atoms with van der Waals surface area (Å²) in [7, 11) is 1.57. The van der Waals surface area contributed by atoms with Crippen molar-refractivity contribution in [1.82, 2.24) is 10.6 Å². The molecule has 0 saturated carbocycles. The van der Waals surface area contributed by atoms with E-state index in [1.165, 1.54) is 0 Å². The molecule has 4 N–H and O–H groups in total. The van der Waals surface area contributed by atoms with Crippen LogP contribution in [-0.2, 0) is 20.9 Å². The second-order valence-electron chi connectivity index (χ2n) is 6.10. The monoisotopic (exact) mass is 419 g/mol. The molecule has 154 valence electrons. The molecule has 0 aliphatic carbocycles. The van der Waals surface area contributed by atoms with Crippen LogP contribution in [0, 0.1) is 0 Å². The van der Waals surface area contributed by atoms with Gasteiger partial charge in [-0.3, -0.25) is 9.59 Å². The van der Waals surface area contributed by atoms with Crippen LogP contribution in [0.5, 0.6) is 5.75 Å². The van der Waals surface area contributed by atoms with E-state index >= 15 is 0 Å². The molecule has 0 spiro atoms. The van der Waals surface area contributed by atoms with Crippen molar-refractivity contribution in [1.29, 1.82) is 0 Å². The predicted octanol–water partition coefficient (Wildman–Crippen LogP) is 2.31. The van der Waals surface area contributed by atoms with Crippen LogP contribution in [0.3, 0.4) is 0 Å². The van der Waals surface area contributed by atoms with Crippen molar-refractivity contribution in [3.8, 4) is 5.75 Å². The third-order valence-corrected chi connectivity index (χ3v) is 4.22. The Kier molecular flexibility index (Phi) is 8.29. The molecule has 1 atom stereocenters. The van der Waals surface area contributed by atoms with Crippen LogP contribution in [-0.4, -0.2) is 31.6 Å². The van der Waals surface area contributed by atoms with Crippen LogP contribution in [0.25, 0.3) is 0 Å². The lowest BCUT2D eigenvalue weighted by Gasteiger charge is -2.17. The smallest absolute Gasteiger partial charge is 0.312 e. The zero-order chi connectivity index (χ0) is 21.2. The van der Waals surface area contributed by atoms with E-state index in [4.69, 9.17) is 26.8 Å². The third-order valence-electron chi connectivity index (χ3n) is 3.97. The van der Waals surface area contributed by atoms with Gasteiger partial charge in [0.25, 0.3) is 5.91 Å². The standard InChI is InChI=1S/C20H22ClN3O5/c1-28-16-8-2-13(3-9-16)11-23-18(25)12-29-19(26)10-17(24-20(22)27)14-4-6-15(21)7-5-14/h2-9,17H,10-12H2,1H3,(H,23,25)(H3,22,24,27)/t17-/m1/s1. The maximum atomic E-state index is 12.1. The van der Waals surface area contributed by atoms with E-state index in [1.807, 2.05) is 12.1 Å². The summed E-state index contributed by atoms with van der Waals surface area (Å²) in [5.74, 6) is -0.382. The topological polar surface area (TPSA) is 120 Å². The van der Waals surface area contributed by atoms with Crippen molar-refractivity contribution in [3.63, 3.8) is 0 Å². The molecule has 0 heterocycles. The molecule has 0 aliphatic rings. The molecule has 0 aromatic heterocycles. The third kappa shape index (κ3) is 7.71. The number of primary amides is 1. The minimum Gasteiger partial charge on any atom is -0.497 e. The van der Waals surface area contributed by atoms with Gasteiger partial charge in [0.2, 0.25) is 0 Å². The summed E-state index contributed by atoms with van der Waals surface area (Å²) in [5, 5.41) is 5.64. The van der Waals surface area contributed by atoms with Crippen LogP contribution < -0.4 is 21.1 Å². The summed E-state index contributed by atoms with van der Waals surface area (Å²) in [6, 6.07) is 12.3. The van der Waals surface area contributed by atoms with E-state index in [1.54, 1.807) is 43.5 Å². The Morgan fingerprint density at radius 1 is 1.07 bits per heavy atom. The number of benzene rings is 2. The minimum absolute atomic E-state index is 0.184. The Bertz CT molecular complexity index is 840. The van der Waals surface area contributed by atoms with Crippen molar-refractivity contribution in [2.24, 2.45) is 5.73 Å². The van der Waals surface area contributed by atoms with Gasteiger partial charge < -0.3 is 25.8 Å². The number of ether oxygens (including phenoxy) is 2. The lowest BCUT2D eigenvalue weighted by Crippen LogP contribution is -2.35. The van der Waals surface area contributed by atoms with Gasteiger partial charge in [-0.1, -0.05) is 35.9 Å². The van der Waals surface area contributed by atoms with E-state index in [9.17, 15) is 14.4 Å². The van der Waals surface area contributed by atoms with Crippen molar-refractivity contribution < 1.29 is 23.9 Å². The van der Waals surface area contributed by atoms with Gasteiger partial charge in [-0.2, -0.15) is 0 Å². The van der Waals surface area contributed by atoms with Gasteiger partial charge in [0.1, 0.15) is 5.75 Å². The summed E-state index contributed by atoms with van der Waals surface area (Å²) in [6.07, 6.45) is -0.184. The summed E-state index contributed by atoms with van der Waals surface area (Å²) < 4.78 is 10.1. The van der Waals surface area contributed by atoms with Crippen LogP contribution in [0.2, 0.25) is 5.02 Å². The number of esters is 1. The fourth-order valence-corrected chi connectivity index (χ4v) is 2.61. The predicted molar refractivity (Wildman–Crippen MR) is 107 cm³/mol. The molecule has 8 nitrogen and oxygen atoms in total. The Morgan fingerprint density at radius 3 is 2.31 bits per heavy atom. The Balaban J connectivity index is 1.81. The minimum atomic E-state index is -0.782. The number of hydrogen-bond donors (Lipinski definition) is 3. The molecule has 0 unspecified atom stereocenters. The summed E-state index contributed by atoms with van der Waals surface area (Å²) in [4.78, 5) is 35.2. The molecule has 29 heavy (non-hydrogen) atoms. The molecule has 0 fully saturated rings. The fourth-order valence-electron chi connectivity index (χ4n) is 2.49. The van der Waals surface area contributed by atoms with Gasteiger partial charge in [0, 0.05) is 11.6 Å². The highest BCUT2D eigenvalue weighted by Crippen LogP contribution is 2.20. The number of carbonyl (C=O) groups excluding carboxylic acids is 3. The van der Waals surface area contributed by atoms with Gasteiger partial charge in [0.05, 0.1) is 19.6 Å². The number of hydrogen-bond acceptors (Lipinski definition) is 5. The normalized spacial score (nSPS) is 11.2. The first kappa shape index (κ1) is 22.0. The first-order valence-corrected chi connectivity index (χ1v) is 9.12. The van der Waals surface area contributed by atoms with Crippen LogP contribution >= 0.6 is 11.6 Å². The fraction of sp³-hybridized carbons (Fsp3) is 0.250. The SMILES string of the molecule is COc1ccc(CNC(=O)COC(=O)C[C@@H](NC(N)=O)c2ccc(Cl)cc2)cc1. The zero-order valence-electron chi connectivity index (χ0n) is 15.8. The zero-order valence-corrected chi connectivity index (χ0v) is 16.6. The van der Waals surface area contributed by atoms with E-state index in [0.29, 0.717) is 16.3 Å². The van der Waals surface area contributed by atoms with Crippen molar-refractivity contribution >= 4 is 29.5 Å². The molecule has 9 heteroatoms. The molecule has 2 aromatic rings. The van der Waals surface area contributed by atoms with Crippen LogP contribution in [0.4, 0.5) is 4.79 Å². The van der Waals surface area contributed by atoms with Crippen molar-refractivity contribution in [2.75, 3.05) is 13.7 Å². The molecule has 0 aliphatic heterocycles. The molecular weight excluding hydrogens is 398 g/mol. The number of rotatable bonds is 9. The highest BCUT2D eigenvalue weighted by atomic mass is 35.5. The number of nitrogens with two attached hydrogens (primary N) is 1. The highest BCUT2D eigenvalue weighted by molar-refractivity contribution is 6.30. The Hall–Kier alpha value is -3.26. The number of methoxy groups -OCH3 is 1.